The van der Waals surface area contributed by atoms with Crippen LogP contribution in [-0.4, -0.2) is 47.5 Å². The normalized spacial score (nSPS) is 10.9. The van der Waals surface area contributed by atoms with Gasteiger partial charge in [0, 0.05) is 19.8 Å². The first-order valence-corrected chi connectivity index (χ1v) is 11.1. The van der Waals surface area contributed by atoms with Crippen molar-refractivity contribution in [2.24, 2.45) is 0 Å². The third kappa shape index (κ3) is 8.28. The minimum absolute atomic E-state index is 0.239. The van der Waals surface area contributed by atoms with Crippen LogP contribution in [0.4, 0.5) is 5.69 Å². The van der Waals surface area contributed by atoms with Crippen molar-refractivity contribution in [3.63, 3.8) is 0 Å². The maximum Gasteiger partial charge on any atom is 0.338 e. The van der Waals surface area contributed by atoms with E-state index in [0.717, 1.165) is 31.2 Å². The molecule has 0 unspecified atom stereocenters. The summed E-state index contributed by atoms with van der Waals surface area (Å²) < 4.78 is 21.6. The zero-order chi connectivity index (χ0) is 23.3. The first-order chi connectivity index (χ1) is 16.1. The van der Waals surface area contributed by atoms with E-state index in [0.29, 0.717) is 55.1 Å². The summed E-state index contributed by atoms with van der Waals surface area (Å²) >= 11 is 0. The van der Waals surface area contributed by atoms with E-state index in [9.17, 15) is 4.79 Å². The summed E-state index contributed by atoms with van der Waals surface area (Å²) in [5.41, 5.74) is 8.41. The smallest absolute Gasteiger partial charge is 0.338 e. The summed E-state index contributed by atoms with van der Waals surface area (Å²) in [6.45, 7) is 4.38. The molecule has 0 saturated carbocycles. The number of carbonyl (C=O) groups excluding carboxylic acids is 1. The second-order valence-corrected chi connectivity index (χ2v) is 7.53. The van der Waals surface area contributed by atoms with Crippen LogP contribution < -0.4 is 5.73 Å². The molecule has 0 aliphatic rings. The Morgan fingerprint density at radius 2 is 1.76 bits per heavy atom. The fourth-order valence-corrected chi connectivity index (χ4v) is 3.07. The number of aromatic nitrogens is 3. The summed E-state index contributed by atoms with van der Waals surface area (Å²) in [4.78, 5) is 20.4. The Balaban J connectivity index is 1.17. The molecule has 0 spiro atoms. The number of pyridine rings is 1. The number of ether oxygens (including phenoxy) is 3. The van der Waals surface area contributed by atoms with Gasteiger partial charge in [-0.25, -0.2) is 4.79 Å². The fourth-order valence-electron chi connectivity index (χ4n) is 3.07. The van der Waals surface area contributed by atoms with Gasteiger partial charge in [-0.3, -0.25) is 4.98 Å². The van der Waals surface area contributed by atoms with Crippen molar-refractivity contribution in [2.75, 3.05) is 32.2 Å². The Hall–Kier alpha value is -3.30. The number of nitrogens with two attached hydrogens (primary N) is 1. The predicted octanol–water partition coefficient (Wildman–Crippen LogP) is 3.97. The third-order valence-corrected chi connectivity index (χ3v) is 4.76. The van der Waals surface area contributed by atoms with Crippen LogP contribution in [0.3, 0.4) is 0 Å². The van der Waals surface area contributed by atoms with Crippen molar-refractivity contribution >= 4 is 11.7 Å². The molecule has 0 atom stereocenters. The first-order valence-electron chi connectivity index (χ1n) is 11.1. The number of rotatable bonds is 14. The number of esters is 1. The molecule has 9 heteroatoms. The molecule has 0 radical (unpaired) electrons. The van der Waals surface area contributed by atoms with Crippen molar-refractivity contribution in [1.29, 1.82) is 0 Å². The number of unbranched alkanes of at least 4 members (excludes halogenated alkanes) is 2. The zero-order valence-electron chi connectivity index (χ0n) is 18.9. The lowest BCUT2D eigenvalue weighted by Crippen LogP contribution is -2.06. The molecule has 2 aromatic heterocycles. The van der Waals surface area contributed by atoms with Crippen LogP contribution in [0.5, 0.6) is 0 Å². The van der Waals surface area contributed by atoms with Crippen LogP contribution in [0.2, 0.25) is 0 Å². The zero-order valence-corrected chi connectivity index (χ0v) is 18.9. The quantitative estimate of drug-likeness (QED) is 0.285. The lowest BCUT2D eigenvalue weighted by molar-refractivity contribution is 0.0489. The van der Waals surface area contributed by atoms with Gasteiger partial charge in [0.25, 0.3) is 5.89 Å². The Kier molecular flexibility index (Phi) is 9.81. The molecule has 0 aliphatic heterocycles. The van der Waals surface area contributed by atoms with Gasteiger partial charge in [-0.2, -0.15) is 4.98 Å². The van der Waals surface area contributed by atoms with E-state index in [1.165, 1.54) is 0 Å². The van der Waals surface area contributed by atoms with Crippen LogP contribution >= 0.6 is 0 Å². The van der Waals surface area contributed by atoms with Crippen LogP contribution in [0.1, 0.15) is 47.5 Å². The molecular weight excluding hydrogens is 424 g/mol. The summed E-state index contributed by atoms with van der Waals surface area (Å²) in [7, 11) is 0. The van der Waals surface area contributed by atoms with E-state index >= 15 is 0 Å². The lowest BCUT2D eigenvalue weighted by atomic mass is 10.2. The minimum atomic E-state index is -0.277. The molecule has 3 rings (SSSR count). The molecule has 2 heterocycles. The van der Waals surface area contributed by atoms with Gasteiger partial charge in [0.05, 0.1) is 24.1 Å². The highest BCUT2D eigenvalue weighted by atomic mass is 16.5. The molecule has 33 heavy (non-hydrogen) atoms. The van der Waals surface area contributed by atoms with Crippen molar-refractivity contribution < 1.29 is 23.5 Å². The fraction of sp³-hybridized carbons (Fsp3) is 0.417. The largest absolute Gasteiger partial charge is 0.462 e. The highest BCUT2D eigenvalue weighted by Gasteiger charge is 2.12. The number of aryl methyl sites for hydroxylation is 1. The van der Waals surface area contributed by atoms with Crippen molar-refractivity contribution in [3.05, 3.63) is 59.6 Å². The number of nitrogens with zero attached hydrogens (tertiary/aromatic N) is 3. The van der Waals surface area contributed by atoms with Crippen LogP contribution in [-0.2, 0) is 20.8 Å². The number of hydrogen-bond acceptors (Lipinski definition) is 9. The van der Waals surface area contributed by atoms with Gasteiger partial charge in [-0.05, 0) is 56.4 Å². The molecule has 2 N–H and O–H groups in total. The van der Waals surface area contributed by atoms with Gasteiger partial charge >= 0.3 is 5.97 Å². The minimum Gasteiger partial charge on any atom is -0.462 e. The van der Waals surface area contributed by atoms with E-state index in [2.05, 4.69) is 15.1 Å². The van der Waals surface area contributed by atoms with Crippen molar-refractivity contribution in [3.8, 4) is 11.5 Å². The third-order valence-electron chi connectivity index (χ3n) is 4.76. The van der Waals surface area contributed by atoms with Gasteiger partial charge in [0.1, 0.15) is 12.3 Å². The summed E-state index contributed by atoms with van der Waals surface area (Å²) in [6.07, 6.45) is 5.03. The molecule has 9 nitrogen and oxygen atoms in total. The number of nitrogen functional groups attached to an aromatic ring is 1. The Bertz CT molecular complexity index is 994. The molecule has 0 amide bonds. The van der Waals surface area contributed by atoms with Gasteiger partial charge in [-0.15, -0.1) is 0 Å². The molecule has 3 aromatic rings. The molecule has 0 bridgehead atoms. The maximum atomic E-state index is 11.8. The SMILES string of the molecule is Cc1cc(N)cnc1-c1noc(COCCCOCCCCCOC(=O)c2ccccc2)n1. The van der Waals surface area contributed by atoms with Crippen LogP contribution in [0, 0.1) is 6.92 Å². The van der Waals surface area contributed by atoms with Gasteiger partial charge < -0.3 is 24.5 Å². The number of carbonyl (C=O) groups is 1. The van der Waals surface area contributed by atoms with Crippen LogP contribution in [0.15, 0.2) is 47.1 Å². The van der Waals surface area contributed by atoms with E-state index < -0.39 is 0 Å². The maximum absolute atomic E-state index is 11.8. The summed E-state index contributed by atoms with van der Waals surface area (Å²) in [6, 6.07) is 10.8. The average molecular weight is 455 g/mol. The highest BCUT2D eigenvalue weighted by molar-refractivity contribution is 5.89. The average Bonchev–Trinajstić information content (AvgIpc) is 3.28. The monoisotopic (exact) mass is 454 g/mol. The molecule has 176 valence electrons. The van der Waals surface area contributed by atoms with Crippen LogP contribution in [0.25, 0.3) is 11.5 Å². The van der Waals surface area contributed by atoms with E-state index in [1.807, 2.05) is 31.2 Å². The number of benzene rings is 1. The Labute approximate surface area is 193 Å². The molecule has 1 aromatic carbocycles. The molecule has 0 saturated heterocycles. The summed E-state index contributed by atoms with van der Waals surface area (Å²) in [5.74, 6) is 0.543. The summed E-state index contributed by atoms with van der Waals surface area (Å²) in [5, 5.41) is 3.95. The second kappa shape index (κ2) is 13.3. The van der Waals surface area contributed by atoms with Gasteiger partial charge in [0.15, 0.2) is 0 Å². The van der Waals surface area contributed by atoms with Crippen molar-refractivity contribution in [2.45, 2.75) is 39.2 Å². The topological polar surface area (TPSA) is 123 Å². The van der Waals surface area contributed by atoms with Gasteiger partial charge in [0.2, 0.25) is 5.82 Å². The highest BCUT2D eigenvalue weighted by Crippen LogP contribution is 2.19. The molecular formula is C24H30N4O5. The Morgan fingerprint density at radius 1 is 1.00 bits per heavy atom. The van der Waals surface area contributed by atoms with E-state index in [-0.39, 0.29) is 12.6 Å². The molecule has 0 fully saturated rings. The van der Waals surface area contributed by atoms with E-state index in [1.54, 1.807) is 18.3 Å². The van der Waals surface area contributed by atoms with E-state index in [4.69, 9.17) is 24.5 Å². The van der Waals surface area contributed by atoms with Crippen molar-refractivity contribution in [1.82, 2.24) is 15.1 Å². The molecule has 0 aliphatic carbocycles. The standard InChI is InChI=1S/C24H30N4O5/c1-18-15-20(25)16-26-22(18)23-27-21(33-28-23)17-31-13-8-12-30-11-6-3-7-14-32-24(29)19-9-4-2-5-10-19/h2,4-5,9-10,15-16H,3,6-8,11-14,17,25H2,1H3. The Morgan fingerprint density at radius 3 is 2.58 bits per heavy atom. The number of hydrogen-bond donors (Lipinski definition) is 1. The van der Waals surface area contributed by atoms with Gasteiger partial charge in [-0.1, -0.05) is 23.4 Å². The predicted molar refractivity (Wildman–Crippen MR) is 122 cm³/mol. The second-order valence-electron chi connectivity index (χ2n) is 7.53. The first kappa shape index (κ1) is 24.3. The number of anilines is 1. The lowest BCUT2D eigenvalue weighted by Gasteiger charge is -2.06.